The summed E-state index contributed by atoms with van der Waals surface area (Å²) in [6, 6.07) is 23.0. The molecule has 1 amide bonds. The number of oxazole rings is 1. The third-order valence-electron chi connectivity index (χ3n) is 5.78. The minimum atomic E-state index is -4.51. The van der Waals surface area contributed by atoms with Gasteiger partial charge in [0.1, 0.15) is 17.3 Å². The van der Waals surface area contributed by atoms with Gasteiger partial charge < -0.3 is 9.52 Å². The van der Waals surface area contributed by atoms with Gasteiger partial charge in [-0.3, -0.25) is 10.1 Å². The van der Waals surface area contributed by atoms with E-state index < -0.39 is 23.5 Å². The summed E-state index contributed by atoms with van der Waals surface area (Å²) in [5, 5.41) is 12.9. The highest BCUT2D eigenvalue weighted by Gasteiger charge is 2.30. The molecule has 190 valence electrons. The average molecular weight is 518 g/mol. The second kappa shape index (κ2) is 9.85. The van der Waals surface area contributed by atoms with Crippen molar-refractivity contribution in [2.75, 3.05) is 5.32 Å². The molecule has 0 aliphatic rings. The molecule has 0 aliphatic heterocycles. The van der Waals surface area contributed by atoms with Gasteiger partial charge in [-0.2, -0.15) is 13.2 Å². The summed E-state index contributed by atoms with van der Waals surface area (Å²) in [6.07, 6.45) is -4.51. The zero-order valence-corrected chi connectivity index (χ0v) is 19.5. The highest BCUT2D eigenvalue weighted by Crippen LogP contribution is 2.37. The molecule has 0 fully saturated rings. The van der Waals surface area contributed by atoms with Crippen molar-refractivity contribution in [3.63, 3.8) is 0 Å². The van der Waals surface area contributed by atoms with Gasteiger partial charge in [-0.15, -0.1) is 0 Å². The minimum Gasteiger partial charge on any atom is -0.507 e. The summed E-state index contributed by atoms with van der Waals surface area (Å²) in [7, 11) is 0. The Hall–Kier alpha value is -4.92. The maximum Gasteiger partial charge on any atom is 0.416 e. The predicted molar refractivity (Wildman–Crippen MR) is 134 cm³/mol. The highest BCUT2D eigenvalue weighted by molar-refractivity contribution is 6.09. The van der Waals surface area contributed by atoms with Crippen LogP contribution in [0.5, 0.6) is 5.75 Å². The average Bonchev–Trinajstić information content (AvgIpc) is 3.32. The van der Waals surface area contributed by atoms with Crippen molar-refractivity contribution in [3.05, 3.63) is 114 Å². The van der Waals surface area contributed by atoms with Crippen LogP contribution in [-0.2, 0) is 6.18 Å². The van der Waals surface area contributed by atoms with Crippen molar-refractivity contribution in [2.24, 2.45) is 0 Å². The van der Waals surface area contributed by atoms with E-state index in [4.69, 9.17) is 4.42 Å². The van der Waals surface area contributed by atoms with Crippen molar-refractivity contribution in [2.45, 2.75) is 6.18 Å². The first-order valence-electron chi connectivity index (χ1n) is 11.3. The lowest BCUT2D eigenvalue weighted by Gasteiger charge is -2.11. The predicted octanol–water partition coefficient (Wildman–Crippen LogP) is 7.79. The molecule has 0 atom stereocenters. The molecular weight excluding hydrogens is 500 g/mol. The SMILES string of the molecule is O=C(Nc1oc(-c2ccccc2)nc1-c1ccc(C(F)(F)F)cc1)c1ccccc1-c1ccc(F)cc1O. The molecule has 0 bridgehead atoms. The second-order valence-corrected chi connectivity index (χ2v) is 8.30. The van der Waals surface area contributed by atoms with Crippen LogP contribution in [0.25, 0.3) is 33.8 Å². The fraction of sp³-hybridized carbons (Fsp3) is 0.0345. The maximum absolute atomic E-state index is 13.5. The molecule has 4 aromatic carbocycles. The van der Waals surface area contributed by atoms with Gasteiger partial charge in [0.2, 0.25) is 11.8 Å². The summed E-state index contributed by atoms with van der Waals surface area (Å²) < 4.78 is 58.6. The van der Waals surface area contributed by atoms with Crippen molar-refractivity contribution in [1.29, 1.82) is 0 Å². The zero-order chi connectivity index (χ0) is 26.9. The van der Waals surface area contributed by atoms with Gasteiger partial charge in [0, 0.05) is 28.3 Å². The standard InChI is InChI=1S/C29H18F4N2O3/c30-20-14-15-22(24(36)16-20)21-8-4-5-9-23(21)26(37)35-28-25(17-10-12-19(13-11-17)29(31,32)33)34-27(38-28)18-6-2-1-3-7-18/h1-16,36H,(H,35,37). The number of phenolic OH excluding ortho intramolecular Hbond substituents is 1. The molecule has 5 rings (SSSR count). The third kappa shape index (κ3) is 4.99. The number of benzene rings is 4. The molecule has 0 radical (unpaired) electrons. The second-order valence-electron chi connectivity index (χ2n) is 8.30. The summed E-state index contributed by atoms with van der Waals surface area (Å²) in [5.74, 6) is -1.54. The molecule has 5 nitrogen and oxygen atoms in total. The topological polar surface area (TPSA) is 75.4 Å². The summed E-state index contributed by atoms with van der Waals surface area (Å²) in [6.45, 7) is 0. The lowest BCUT2D eigenvalue weighted by molar-refractivity contribution is -0.137. The molecule has 1 aromatic heterocycles. The number of nitrogens with one attached hydrogen (secondary N) is 1. The Balaban J connectivity index is 1.55. The molecule has 5 aromatic rings. The number of carbonyl (C=O) groups excluding carboxylic acids is 1. The number of rotatable bonds is 5. The summed E-state index contributed by atoms with van der Waals surface area (Å²) in [4.78, 5) is 17.8. The van der Waals surface area contributed by atoms with Gasteiger partial charge in [0.25, 0.3) is 5.91 Å². The minimum absolute atomic E-state index is 0.0771. The van der Waals surface area contributed by atoms with Gasteiger partial charge in [-0.1, -0.05) is 48.5 Å². The first-order chi connectivity index (χ1) is 18.2. The lowest BCUT2D eigenvalue weighted by atomic mass is 9.98. The first-order valence-corrected chi connectivity index (χ1v) is 11.3. The van der Waals surface area contributed by atoms with E-state index in [1.807, 2.05) is 0 Å². The van der Waals surface area contributed by atoms with Crippen LogP contribution in [0.2, 0.25) is 0 Å². The number of phenols is 1. The van der Waals surface area contributed by atoms with E-state index in [0.29, 0.717) is 16.7 Å². The Bertz CT molecular complexity index is 1610. The van der Waals surface area contributed by atoms with Crippen LogP contribution < -0.4 is 5.32 Å². The number of alkyl halides is 3. The van der Waals surface area contributed by atoms with Gasteiger partial charge in [-0.05, 0) is 48.0 Å². The highest BCUT2D eigenvalue weighted by atomic mass is 19.4. The fourth-order valence-corrected chi connectivity index (χ4v) is 3.94. The number of hydrogen-bond donors (Lipinski definition) is 2. The number of aromatic hydroxyl groups is 1. The number of nitrogens with zero attached hydrogens (tertiary/aromatic N) is 1. The van der Waals surface area contributed by atoms with E-state index in [1.165, 1.54) is 24.3 Å². The van der Waals surface area contributed by atoms with E-state index in [9.17, 15) is 27.5 Å². The molecular formula is C29H18F4N2O3. The number of aromatic nitrogens is 1. The molecule has 2 N–H and O–H groups in total. The Kier molecular flexibility index (Phi) is 6.42. The van der Waals surface area contributed by atoms with Crippen LogP contribution in [-0.4, -0.2) is 16.0 Å². The normalized spacial score (nSPS) is 11.4. The first kappa shape index (κ1) is 24.8. The Morgan fingerprint density at radius 1 is 0.816 bits per heavy atom. The van der Waals surface area contributed by atoms with Crippen molar-refractivity contribution < 1.29 is 31.9 Å². The van der Waals surface area contributed by atoms with Crippen LogP contribution in [0.1, 0.15) is 15.9 Å². The molecule has 38 heavy (non-hydrogen) atoms. The smallest absolute Gasteiger partial charge is 0.416 e. The number of amides is 1. The zero-order valence-electron chi connectivity index (χ0n) is 19.5. The van der Waals surface area contributed by atoms with E-state index in [1.54, 1.807) is 48.5 Å². The van der Waals surface area contributed by atoms with Crippen molar-refractivity contribution in [1.82, 2.24) is 4.98 Å². The number of carbonyl (C=O) groups is 1. The summed E-state index contributed by atoms with van der Waals surface area (Å²) in [5.41, 5.74) is 0.913. The summed E-state index contributed by atoms with van der Waals surface area (Å²) >= 11 is 0. The molecule has 0 unspecified atom stereocenters. The van der Waals surface area contributed by atoms with Crippen molar-refractivity contribution in [3.8, 4) is 39.6 Å². The van der Waals surface area contributed by atoms with Gasteiger partial charge in [0.05, 0.1) is 5.56 Å². The monoisotopic (exact) mass is 518 g/mol. The number of hydrogen-bond acceptors (Lipinski definition) is 4. The Morgan fingerprint density at radius 2 is 1.50 bits per heavy atom. The maximum atomic E-state index is 13.5. The van der Waals surface area contributed by atoms with Crippen LogP contribution in [0.3, 0.4) is 0 Å². The molecule has 9 heteroatoms. The third-order valence-corrected chi connectivity index (χ3v) is 5.78. The lowest BCUT2D eigenvalue weighted by Crippen LogP contribution is -2.13. The number of halogens is 4. The Morgan fingerprint density at radius 3 is 2.18 bits per heavy atom. The van der Waals surface area contributed by atoms with E-state index in [-0.39, 0.29) is 34.3 Å². The molecule has 0 saturated carbocycles. The molecule has 1 heterocycles. The van der Waals surface area contributed by atoms with Crippen molar-refractivity contribution >= 4 is 11.8 Å². The number of anilines is 1. The molecule has 0 saturated heterocycles. The van der Waals surface area contributed by atoms with E-state index in [0.717, 1.165) is 24.3 Å². The van der Waals surface area contributed by atoms with Gasteiger partial charge >= 0.3 is 6.18 Å². The van der Waals surface area contributed by atoms with E-state index in [2.05, 4.69) is 10.3 Å². The quantitative estimate of drug-likeness (QED) is 0.233. The van der Waals surface area contributed by atoms with Crippen LogP contribution >= 0.6 is 0 Å². The van der Waals surface area contributed by atoms with Gasteiger partial charge in [-0.25, -0.2) is 9.37 Å². The molecule has 0 spiro atoms. The van der Waals surface area contributed by atoms with Crippen LogP contribution in [0, 0.1) is 5.82 Å². The van der Waals surface area contributed by atoms with Gasteiger partial charge in [0.15, 0.2) is 0 Å². The largest absolute Gasteiger partial charge is 0.507 e. The van der Waals surface area contributed by atoms with Crippen LogP contribution in [0.4, 0.5) is 23.4 Å². The fourth-order valence-electron chi connectivity index (χ4n) is 3.94. The molecule has 0 aliphatic carbocycles. The van der Waals surface area contributed by atoms with E-state index >= 15 is 0 Å². The van der Waals surface area contributed by atoms with Crippen LogP contribution in [0.15, 0.2) is 101 Å². The Labute approximate surface area is 214 Å².